The first-order valence-electron chi connectivity index (χ1n) is 4.70. The van der Waals surface area contributed by atoms with Crippen LogP contribution in [0.4, 0.5) is 19.1 Å². The van der Waals surface area contributed by atoms with Crippen LogP contribution in [0.3, 0.4) is 0 Å². The van der Waals surface area contributed by atoms with Crippen molar-refractivity contribution < 1.29 is 22.5 Å². The number of halogens is 3. The quantitative estimate of drug-likeness (QED) is 0.628. The Hall–Kier alpha value is -2.32. The molecule has 0 bridgehead atoms. The molecule has 2 heterocycles. The minimum absolute atomic E-state index is 0.107. The van der Waals surface area contributed by atoms with E-state index in [1.54, 1.807) is 0 Å². The molecule has 2 aromatic heterocycles. The first-order valence-corrected chi connectivity index (χ1v) is 4.70. The molecule has 0 atom stereocenters. The Kier molecular flexibility index (Phi) is 2.81. The first-order chi connectivity index (χ1) is 8.36. The summed E-state index contributed by atoms with van der Waals surface area (Å²) in [5, 5.41) is 13.6. The van der Waals surface area contributed by atoms with E-state index >= 15 is 0 Å². The molecule has 0 saturated heterocycles. The first kappa shape index (κ1) is 12.1. The van der Waals surface area contributed by atoms with Crippen molar-refractivity contribution in [2.75, 3.05) is 0 Å². The fraction of sp³-hybridized carbons (Fsp3) is 0.222. The number of alkyl halides is 3. The van der Waals surface area contributed by atoms with Gasteiger partial charge in [-0.1, -0.05) is 0 Å². The van der Waals surface area contributed by atoms with Crippen molar-refractivity contribution in [2.45, 2.75) is 12.7 Å². The lowest BCUT2D eigenvalue weighted by molar-refractivity contribution is -0.402. The maximum absolute atomic E-state index is 12.3. The van der Waals surface area contributed by atoms with E-state index in [2.05, 4.69) is 5.10 Å². The minimum atomic E-state index is -4.51. The Bertz CT molecular complexity index is 573. The van der Waals surface area contributed by atoms with Gasteiger partial charge in [0.15, 0.2) is 5.69 Å². The van der Waals surface area contributed by atoms with E-state index in [4.69, 9.17) is 4.42 Å². The van der Waals surface area contributed by atoms with Gasteiger partial charge in [-0.05, 0) is 12.1 Å². The Morgan fingerprint density at radius 2 is 2.11 bits per heavy atom. The van der Waals surface area contributed by atoms with Crippen molar-refractivity contribution in [3.05, 3.63) is 46.0 Å². The molecule has 2 rings (SSSR count). The van der Waals surface area contributed by atoms with E-state index < -0.39 is 22.7 Å². The fourth-order valence-corrected chi connectivity index (χ4v) is 1.31. The smallest absolute Gasteiger partial charge is 0.404 e. The van der Waals surface area contributed by atoms with E-state index in [0.29, 0.717) is 0 Å². The van der Waals surface area contributed by atoms with E-state index in [0.717, 1.165) is 23.0 Å². The second-order valence-corrected chi connectivity index (χ2v) is 3.39. The van der Waals surface area contributed by atoms with Crippen molar-refractivity contribution in [1.29, 1.82) is 0 Å². The average molecular weight is 261 g/mol. The van der Waals surface area contributed by atoms with Crippen LogP contribution < -0.4 is 0 Å². The predicted molar refractivity (Wildman–Crippen MR) is 51.7 cm³/mol. The summed E-state index contributed by atoms with van der Waals surface area (Å²) in [6.07, 6.45) is -3.39. The highest BCUT2D eigenvalue weighted by molar-refractivity contribution is 5.18. The molecule has 6 nitrogen and oxygen atoms in total. The van der Waals surface area contributed by atoms with Gasteiger partial charge in [0.1, 0.15) is 10.7 Å². The number of hydrogen-bond acceptors (Lipinski definition) is 4. The number of nitrogens with zero attached hydrogens (tertiary/aromatic N) is 3. The third-order valence-electron chi connectivity index (χ3n) is 2.08. The molecule has 0 fully saturated rings. The van der Waals surface area contributed by atoms with Crippen LogP contribution in [0.1, 0.15) is 11.5 Å². The van der Waals surface area contributed by atoms with E-state index in [1.807, 2.05) is 0 Å². The van der Waals surface area contributed by atoms with E-state index in [-0.39, 0.29) is 12.3 Å². The molecular weight excluding hydrogens is 255 g/mol. The molecule has 9 heteroatoms. The van der Waals surface area contributed by atoms with E-state index in [1.165, 1.54) is 6.07 Å². The molecule has 0 spiro atoms. The Morgan fingerprint density at radius 3 is 2.61 bits per heavy atom. The van der Waals surface area contributed by atoms with E-state index in [9.17, 15) is 23.3 Å². The lowest BCUT2D eigenvalue weighted by atomic mass is 10.4. The average Bonchev–Trinajstić information content (AvgIpc) is 2.85. The molecular formula is C9H6F3N3O3. The maximum atomic E-state index is 12.3. The number of rotatable bonds is 3. The number of furan rings is 1. The van der Waals surface area contributed by atoms with Gasteiger partial charge in [0.05, 0.1) is 12.6 Å². The zero-order chi connectivity index (χ0) is 13.3. The van der Waals surface area contributed by atoms with Crippen molar-refractivity contribution in [3.63, 3.8) is 0 Å². The SMILES string of the molecule is O=[N+]([O-])c1ccc(Cn2ccc(C(F)(F)F)n2)o1. The summed E-state index contributed by atoms with van der Waals surface area (Å²) in [5.41, 5.74) is -1.02. The third-order valence-corrected chi connectivity index (χ3v) is 2.08. The van der Waals surface area contributed by atoms with Crippen LogP contribution >= 0.6 is 0 Å². The molecule has 18 heavy (non-hydrogen) atoms. The van der Waals surface area contributed by atoms with Gasteiger partial charge in [0.25, 0.3) is 0 Å². The Morgan fingerprint density at radius 1 is 1.39 bits per heavy atom. The number of hydrogen-bond donors (Lipinski definition) is 0. The van der Waals surface area contributed by atoms with Gasteiger partial charge in [-0.15, -0.1) is 0 Å². The summed E-state index contributed by atoms with van der Waals surface area (Å²) in [7, 11) is 0. The molecule has 0 aliphatic rings. The molecule has 96 valence electrons. The second-order valence-electron chi connectivity index (χ2n) is 3.39. The molecule has 0 N–H and O–H groups in total. The zero-order valence-electron chi connectivity index (χ0n) is 8.72. The molecule has 0 aliphatic heterocycles. The zero-order valence-corrected chi connectivity index (χ0v) is 8.72. The van der Waals surface area contributed by atoms with Crippen LogP contribution in [0.15, 0.2) is 28.8 Å². The van der Waals surface area contributed by atoms with Crippen LogP contribution in [0.5, 0.6) is 0 Å². The van der Waals surface area contributed by atoms with Gasteiger partial charge in [-0.2, -0.15) is 18.3 Å². The Labute approximate surface area is 97.8 Å². The molecule has 0 radical (unpaired) electrons. The predicted octanol–water partition coefficient (Wildman–Crippen LogP) is 2.45. The topological polar surface area (TPSA) is 74.1 Å². The lowest BCUT2D eigenvalue weighted by Crippen LogP contribution is -2.08. The van der Waals surface area contributed by atoms with Gasteiger partial charge < -0.3 is 4.42 Å². The van der Waals surface area contributed by atoms with Crippen LogP contribution in [0.25, 0.3) is 0 Å². The van der Waals surface area contributed by atoms with Crippen LogP contribution in [-0.4, -0.2) is 14.7 Å². The van der Waals surface area contributed by atoms with Gasteiger partial charge >= 0.3 is 12.1 Å². The van der Waals surface area contributed by atoms with Crippen molar-refractivity contribution in [1.82, 2.24) is 9.78 Å². The van der Waals surface area contributed by atoms with Crippen molar-refractivity contribution in [3.8, 4) is 0 Å². The largest absolute Gasteiger partial charge is 0.435 e. The van der Waals surface area contributed by atoms with Gasteiger partial charge in [-0.3, -0.25) is 14.8 Å². The van der Waals surface area contributed by atoms with Crippen molar-refractivity contribution in [2.24, 2.45) is 0 Å². The summed E-state index contributed by atoms with van der Waals surface area (Å²) < 4.78 is 42.6. The monoisotopic (exact) mass is 261 g/mol. The van der Waals surface area contributed by atoms with Crippen molar-refractivity contribution >= 4 is 5.88 Å². The standard InChI is InChI=1S/C9H6F3N3O3/c10-9(11,12)7-3-4-14(13-7)5-6-1-2-8(18-6)15(16)17/h1-4H,5H2. The summed E-state index contributed by atoms with van der Waals surface area (Å²) in [5.74, 6) is -0.313. The molecule has 2 aromatic rings. The second kappa shape index (κ2) is 4.17. The Balaban J connectivity index is 2.14. The highest BCUT2D eigenvalue weighted by atomic mass is 19.4. The normalized spacial score (nSPS) is 11.7. The number of nitro groups is 1. The highest BCUT2D eigenvalue weighted by Gasteiger charge is 2.33. The van der Waals surface area contributed by atoms with Crippen LogP contribution in [-0.2, 0) is 12.7 Å². The van der Waals surface area contributed by atoms with Gasteiger partial charge in [-0.25, -0.2) is 0 Å². The molecule has 0 saturated carbocycles. The molecule has 0 aliphatic carbocycles. The molecule has 0 aromatic carbocycles. The maximum Gasteiger partial charge on any atom is 0.435 e. The molecule has 0 amide bonds. The summed E-state index contributed by atoms with van der Waals surface area (Å²) >= 11 is 0. The fourth-order valence-electron chi connectivity index (χ4n) is 1.31. The van der Waals surface area contributed by atoms with Gasteiger partial charge in [0.2, 0.25) is 0 Å². The summed E-state index contributed by atoms with van der Waals surface area (Å²) in [6, 6.07) is 3.26. The third kappa shape index (κ3) is 2.50. The van der Waals surface area contributed by atoms with Crippen LogP contribution in [0.2, 0.25) is 0 Å². The summed E-state index contributed by atoms with van der Waals surface area (Å²) in [4.78, 5) is 9.61. The van der Waals surface area contributed by atoms with Gasteiger partial charge in [0, 0.05) is 6.20 Å². The molecule has 0 unspecified atom stereocenters. The number of aromatic nitrogens is 2. The minimum Gasteiger partial charge on any atom is -0.404 e. The lowest BCUT2D eigenvalue weighted by Gasteiger charge is -2.01. The van der Waals surface area contributed by atoms with Crippen LogP contribution in [0, 0.1) is 10.1 Å². The highest BCUT2D eigenvalue weighted by Crippen LogP contribution is 2.27. The summed E-state index contributed by atoms with van der Waals surface area (Å²) in [6.45, 7) is -0.107.